The van der Waals surface area contributed by atoms with Crippen molar-refractivity contribution in [1.29, 1.82) is 0 Å². The van der Waals surface area contributed by atoms with Crippen molar-refractivity contribution >= 4 is 11.3 Å². The number of nitrogens with zero attached hydrogens (tertiary/aromatic N) is 1. The molecular weight excluding hydrogens is 234 g/mol. The predicted octanol–water partition coefficient (Wildman–Crippen LogP) is 2.42. The van der Waals surface area contributed by atoms with Crippen LogP contribution in [0.15, 0.2) is 5.38 Å². The molecule has 16 heavy (non-hydrogen) atoms. The maximum atomic E-state index is 11.8. The Morgan fingerprint density at radius 1 is 1.56 bits per heavy atom. The number of ether oxygens (including phenoxy) is 1. The Morgan fingerprint density at radius 2 is 2.38 bits per heavy atom. The maximum absolute atomic E-state index is 11.8. The summed E-state index contributed by atoms with van der Waals surface area (Å²) in [6, 6.07) is 0. The van der Waals surface area contributed by atoms with Gasteiger partial charge in [0.25, 0.3) is 6.43 Å². The number of hydrogen-bond acceptors (Lipinski definition) is 4. The quantitative estimate of drug-likeness (QED) is 0.719. The zero-order chi connectivity index (χ0) is 11.8. The second kappa shape index (κ2) is 7.65. The summed E-state index contributed by atoms with van der Waals surface area (Å²) in [5, 5.41) is 6.03. The Bertz CT molecular complexity index is 294. The molecule has 1 aromatic rings. The number of nitrogens with one attached hydrogen (secondary N) is 1. The largest absolute Gasteiger partial charge is 0.369 e. The van der Waals surface area contributed by atoms with Crippen LogP contribution < -0.4 is 5.32 Å². The maximum Gasteiger partial charge on any atom is 0.261 e. The lowest BCUT2D eigenvalue weighted by Crippen LogP contribution is -2.13. The first kappa shape index (κ1) is 13.5. The molecule has 3 nitrogen and oxygen atoms in total. The van der Waals surface area contributed by atoms with Gasteiger partial charge < -0.3 is 10.1 Å². The molecule has 92 valence electrons. The van der Waals surface area contributed by atoms with E-state index < -0.39 is 13.0 Å². The Hall–Kier alpha value is -0.590. The van der Waals surface area contributed by atoms with Gasteiger partial charge in [0, 0.05) is 11.9 Å². The number of rotatable bonds is 8. The molecule has 0 unspecified atom stereocenters. The van der Waals surface area contributed by atoms with Crippen molar-refractivity contribution in [3.05, 3.63) is 16.1 Å². The van der Waals surface area contributed by atoms with Gasteiger partial charge in [-0.15, -0.1) is 11.3 Å². The fraction of sp³-hybridized carbons (Fsp3) is 0.700. The predicted molar refractivity (Wildman–Crippen MR) is 59.8 cm³/mol. The van der Waals surface area contributed by atoms with Crippen LogP contribution in [0.25, 0.3) is 0 Å². The van der Waals surface area contributed by atoms with Crippen LogP contribution in [-0.4, -0.2) is 24.6 Å². The Labute approximate surface area is 97.8 Å². The summed E-state index contributed by atoms with van der Waals surface area (Å²) in [6.45, 7) is 3.41. The fourth-order valence-corrected chi connectivity index (χ4v) is 1.87. The van der Waals surface area contributed by atoms with E-state index in [-0.39, 0.29) is 6.61 Å². The third kappa shape index (κ3) is 5.48. The van der Waals surface area contributed by atoms with Crippen LogP contribution in [0.1, 0.15) is 24.0 Å². The van der Waals surface area contributed by atoms with E-state index in [1.165, 1.54) is 11.3 Å². The van der Waals surface area contributed by atoms with E-state index in [0.717, 1.165) is 30.2 Å². The van der Waals surface area contributed by atoms with Gasteiger partial charge in [0.1, 0.15) is 11.6 Å². The molecule has 0 aromatic carbocycles. The lowest BCUT2D eigenvalue weighted by molar-refractivity contribution is 0.00895. The van der Waals surface area contributed by atoms with Crippen molar-refractivity contribution in [2.24, 2.45) is 0 Å². The highest BCUT2D eigenvalue weighted by Gasteiger charge is 2.05. The van der Waals surface area contributed by atoms with Gasteiger partial charge in [-0.05, 0) is 13.0 Å². The summed E-state index contributed by atoms with van der Waals surface area (Å²) in [5.74, 6) is 0. The Morgan fingerprint density at radius 3 is 3.06 bits per heavy atom. The van der Waals surface area contributed by atoms with Crippen LogP contribution in [0, 0.1) is 0 Å². The van der Waals surface area contributed by atoms with Gasteiger partial charge in [-0.25, -0.2) is 13.8 Å². The molecule has 0 amide bonds. The minimum absolute atomic E-state index is 0.161. The van der Waals surface area contributed by atoms with Gasteiger partial charge in [0.15, 0.2) is 0 Å². The standard InChI is InChI=1S/C10H16F2N2OS/c1-2-3-13-4-10-14-8(7-16-10)5-15-6-9(11)12/h7,9,13H,2-6H2,1H3. The first-order valence-electron chi connectivity index (χ1n) is 5.22. The molecule has 0 aliphatic heterocycles. The normalized spacial score (nSPS) is 11.2. The van der Waals surface area contributed by atoms with E-state index in [1.54, 1.807) is 0 Å². The number of halogens is 2. The van der Waals surface area contributed by atoms with Crippen LogP contribution in [0.4, 0.5) is 8.78 Å². The number of thiazole rings is 1. The first-order valence-corrected chi connectivity index (χ1v) is 6.10. The molecule has 0 spiro atoms. The van der Waals surface area contributed by atoms with Crippen LogP contribution >= 0.6 is 11.3 Å². The summed E-state index contributed by atoms with van der Waals surface area (Å²) in [7, 11) is 0. The zero-order valence-electron chi connectivity index (χ0n) is 9.21. The van der Waals surface area contributed by atoms with Crippen molar-refractivity contribution in [3.8, 4) is 0 Å². The lowest BCUT2D eigenvalue weighted by Gasteiger charge is -2.00. The molecule has 0 bridgehead atoms. The van der Waals surface area contributed by atoms with Crippen molar-refractivity contribution in [1.82, 2.24) is 10.3 Å². The molecule has 0 fully saturated rings. The van der Waals surface area contributed by atoms with Crippen molar-refractivity contribution in [2.75, 3.05) is 13.2 Å². The summed E-state index contributed by atoms with van der Waals surface area (Å²) < 4.78 is 28.4. The molecule has 1 aromatic heterocycles. The summed E-state index contributed by atoms with van der Waals surface area (Å²) in [6.07, 6.45) is -1.33. The minimum atomic E-state index is -2.41. The van der Waals surface area contributed by atoms with E-state index in [9.17, 15) is 8.78 Å². The lowest BCUT2D eigenvalue weighted by atomic mass is 10.5. The molecule has 1 rings (SSSR count). The minimum Gasteiger partial charge on any atom is -0.369 e. The third-order valence-electron chi connectivity index (χ3n) is 1.80. The topological polar surface area (TPSA) is 34.2 Å². The van der Waals surface area contributed by atoms with Gasteiger partial charge in [-0.1, -0.05) is 6.92 Å². The van der Waals surface area contributed by atoms with E-state index in [0.29, 0.717) is 0 Å². The second-order valence-corrected chi connectivity index (χ2v) is 4.26. The van der Waals surface area contributed by atoms with Gasteiger partial charge in [0.2, 0.25) is 0 Å². The van der Waals surface area contributed by atoms with E-state index in [4.69, 9.17) is 4.74 Å². The smallest absolute Gasteiger partial charge is 0.261 e. The molecule has 0 radical (unpaired) electrons. The fourth-order valence-electron chi connectivity index (χ4n) is 1.12. The molecular formula is C10H16F2N2OS. The summed E-state index contributed by atoms with van der Waals surface area (Å²) in [4.78, 5) is 4.27. The monoisotopic (exact) mass is 250 g/mol. The molecule has 0 aliphatic carbocycles. The number of hydrogen-bond donors (Lipinski definition) is 1. The first-order chi connectivity index (χ1) is 7.72. The SMILES string of the molecule is CCCNCc1nc(COCC(F)F)cs1. The highest BCUT2D eigenvalue weighted by Crippen LogP contribution is 2.10. The Balaban J connectivity index is 2.22. The van der Waals surface area contributed by atoms with Crippen LogP contribution in [0.3, 0.4) is 0 Å². The van der Waals surface area contributed by atoms with Crippen molar-refractivity contribution < 1.29 is 13.5 Å². The van der Waals surface area contributed by atoms with Crippen LogP contribution in [0.5, 0.6) is 0 Å². The number of aromatic nitrogens is 1. The van der Waals surface area contributed by atoms with Gasteiger partial charge in [-0.2, -0.15) is 0 Å². The molecule has 0 atom stereocenters. The highest BCUT2D eigenvalue weighted by atomic mass is 32.1. The summed E-state index contributed by atoms with van der Waals surface area (Å²) >= 11 is 1.52. The Kier molecular flexibility index (Phi) is 6.44. The van der Waals surface area contributed by atoms with E-state index in [2.05, 4.69) is 17.2 Å². The molecule has 1 heterocycles. The zero-order valence-corrected chi connectivity index (χ0v) is 10.0. The molecule has 0 saturated heterocycles. The van der Waals surface area contributed by atoms with Gasteiger partial charge in [0.05, 0.1) is 12.3 Å². The van der Waals surface area contributed by atoms with Gasteiger partial charge in [-0.3, -0.25) is 0 Å². The summed E-state index contributed by atoms with van der Waals surface area (Å²) in [5.41, 5.74) is 0.721. The van der Waals surface area contributed by atoms with Crippen LogP contribution in [0.2, 0.25) is 0 Å². The van der Waals surface area contributed by atoms with Crippen LogP contribution in [-0.2, 0) is 17.9 Å². The number of alkyl halides is 2. The average Bonchev–Trinajstić information content (AvgIpc) is 2.66. The molecule has 0 saturated carbocycles. The van der Waals surface area contributed by atoms with E-state index >= 15 is 0 Å². The third-order valence-corrected chi connectivity index (χ3v) is 2.69. The van der Waals surface area contributed by atoms with Crippen molar-refractivity contribution in [2.45, 2.75) is 32.9 Å². The second-order valence-electron chi connectivity index (χ2n) is 3.32. The molecule has 1 N–H and O–H groups in total. The molecule has 6 heteroatoms. The van der Waals surface area contributed by atoms with E-state index in [1.807, 2.05) is 5.38 Å². The highest BCUT2D eigenvalue weighted by molar-refractivity contribution is 7.09. The molecule has 0 aliphatic rings. The average molecular weight is 250 g/mol. The van der Waals surface area contributed by atoms with Gasteiger partial charge >= 0.3 is 0 Å². The van der Waals surface area contributed by atoms with Crippen molar-refractivity contribution in [3.63, 3.8) is 0 Å².